The second-order valence-electron chi connectivity index (χ2n) is 4.20. The third kappa shape index (κ3) is 2.06. The van der Waals surface area contributed by atoms with Crippen molar-refractivity contribution in [2.75, 3.05) is 14.2 Å². The van der Waals surface area contributed by atoms with Crippen molar-refractivity contribution in [3.63, 3.8) is 0 Å². The van der Waals surface area contributed by atoms with Crippen LogP contribution in [-0.4, -0.2) is 14.2 Å². The molecule has 0 amide bonds. The molecule has 2 nitrogen and oxygen atoms in total. The molecule has 3 heteroatoms. The Morgan fingerprint density at radius 2 is 1.79 bits per heavy atom. The molecule has 0 fully saturated rings. The summed E-state index contributed by atoms with van der Waals surface area (Å²) in [6.07, 6.45) is 0. The van der Waals surface area contributed by atoms with Gasteiger partial charge >= 0.3 is 0 Å². The maximum atomic E-state index is 5.45. The van der Waals surface area contributed by atoms with Gasteiger partial charge in [0.25, 0.3) is 0 Å². The predicted molar refractivity (Wildman–Crippen MR) is 80.4 cm³/mol. The van der Waals surface area contributed by atoms with Crippen LogP contribution in [0.1, 0.15) is 0 Å². The number of hydrogen-bond acceptors (Lipinski definition) is 3. The zero-order valence-corrected chi connectivity index (χ0v) is 11.7. The van der Waals surface area contributed by atoms with Crippen molar-refractivity contribution < 1.29 is 9.47 Å². The summed E-state index contributed by atoms with van der Waals surface area (Å²) in [5.74, 6) is 1.71. The van der Waals surface area contributed by atoms with Crippen LogP contribution >= 0.6 is 11.3 Å². The summed E-state index contributed by atoms with van der Waals surface area (Å²) in [4.78, 5) is 1.26. The molecule has 0 unspecified atom stereocenters. The topological polar surface area (TPSA) is 18.5 Å². The molecule has 0 aliphatic carbocycles. The van der Waals surface area contributed by atoms with Crippen molar-refractivity contribution in [1.29, 1.82) is 0 Å². The molecule has 1 aromatic heterocycles. The quantitative estimate of drug-likeness (QED) is 0.693. The summed E-state index contributed by atoms with van der Waals surface area (Å²) >= 11 is 1.74. The molecule has 0 saturated carbocycles. The highest BCUT2D eigenvalue weighted by Gasteiger charge is 2.09. The highest BCUT2D eigenvalue weighted by atomic mass is 32.1. The molecule has 0 bridgehead atoms. The van der Waals surface area contributed by atoms with E-state index in [1.807, 2.05) is 18.2 Å². The summed E-state index contributed by atoms with van der Waals surface area (Å²) in [7, 11) is 3.37. The van der Waals surface area contributed by atoms with E-state index in [1.165, 1.54) is 15.8 Å². The molecule has 96 valence electrons. The maximum Gasteiger partial charge on any atom is 0.126 e. The Hall–Kier alpha value is -2.00. The second kappa shape index (κ2) is 4.94. The smallest absolute Gasteiger partial charge is 0.126 e. The van der Waals surface area contributed by atoms with E-state index in [4.69, 9.17) is 9.47 Å². The fourth-order valence-corrected chi connectivity index (χ4v) is 3.02. The van der Waals surface area contributed by atoms with Gasteiger partial charge in [-0.1, -0.05) is 6.07 Å². The van der Waals surface area contributed by atoms with Crippen molar-refractivity contribution in [3.05, 3.63) is 47.8 Å². The number of rotatable bonds is 3. The van der Waals surface area contributed by atoms with Crippen molar-refractivity contribution >= 4 is 22.1 Å². The lowest BCUT2D eigenvalue weighted by molar-refractivity contribution is 0.412. The lowest BCUT2D eigenvalue weighted by Crippen LogP contribution is -1.89. The van der Waals surface area contributed by atoms with Crippen molar-refractivity contribution in [2.45, 2.75) is 0 Å². The van der Waals surface area contributed by atoms with E-state index in [2.05, 4.69) is 29.6 Å². The Balaban J connectivity index is 2.31. The number of methoxy groups -OCH3 is 2. The molecule has 2 aromatic carbocycles. The van der Waals surface area contributed by atoms with Crippen LogP contribution in [0.5, 0.6) is 11.5 Å². The first-order valence-corrected chi connectivity index (χ1v) is 6.90. The molecular weight excluding hydrogens is 256 g/mol. The van der Waals surface area contributed by atoms with Gasteiger partial charge in [0, 0.05) is 10.3 Å². The van der Waals surface area contributed by atoms with Crippen LogP contribution in [-0.2, 0) is 0 Å². The van der Waals surface area contributed by atoms with E-state index in [9.17, 15) is 0 Å². The number of hydrogen-bond donors (Lipinski definition) is 0. The predicted octanol–water partition coefficient (Wildman–Crippen LogP) is 4.59. The van der Waals surface area contributed by atoms with Crippen LogP contribution in [0.25, 0.3) is 21.2 Å². The third-order valence-electron chi connectivity index (χ3n) is 3.19. The number of fused-ring (bicyclic) bond motifs is 1. The summed E-state index contributed by atoms with van der Waals surface area (Å²) in [6, 6.07) is 14.4. The van der Waals surface area contributed by atoms with Gasteiger partial charge in [-0.25, -0.2) is 0 Å². The third-order valence-corrected chi connectivity index (χ3v) is 4.09. The maximum absolute atomic E-state index is 5.45. The fraction of sp³-hybridized carbons (Fsp3) is 0.125. The first-order valence-electron chi connectivity index (χ1n) is 6.02. The van der Waals surface area contributed by atoms with Gasteiger partial charge in [-0.2, -0.15) is 0 Å². The fourth-order valence-electron chi connectivity index (χ4n) is 2.25. The van der Waals surface area contributed by atoms with Crippen molar-refractivity contribution in [2.24, 2.45) is 0 Å². The Kier molecular flexibility index (Phi) is 3.13. The Morgan fingerprint density at radius 3 is 2.47 bits per heavy atom. The first kappa shape index (κ1) is 12.1. The molecule has 0 saturated heterocycles. The van der Waals surface area contributed by atoms with Gasteiger partial charge in [0.15, 0.2) is 0 Å². The van der Waals surface area contributed by atoms with Crippen molar-refractivity contribution in [3.8, 4) is 21.9 Å². The zero-order valence-electron chi connectivity index (χ0n) is 10.8. The SMILES string of the molecule is COc1ccc2c(-c3cccs3)ccc(OC)c2c1. The Bertz CT molecular complexity index is 702. The second-order valence-corrected chi connectivity index (χ2v) is 5.15. The molecule has 0 spiro atoms. The molecule has 0 atom stereocenters. The van der Waals surface area contributed by atoms with E-state index < -0.39 is 0 Å². The molecular formula is C16H14O2S. The molecule has 0 aliphatic rings. The van der Waals surface area contributed by atoms with Gasteiger partial charge in [0.1, 0.15) is 11.5 Å². The van der Waals surface area contributed by atoms with Crippen LogP contribution in [0.4, 0.5) is 0 Å². The van der Waals surface area contributed by atoms with E-state index >= 15 is 0 Å². The van der Waals surface area contributed by atoms with Gasteiger partial charge in [0.2, 0.25) is 0 Å². The standard InChI is InChI=1S/C16H14O2S/c1-17-11-5-6-12-13(16-4-3-9-19-16)7-8-15(18-2)14(12)10-11/h3-10H,1-2H3. The minimum atomic E-state index is 0.842. The minimum absolute atomic E-state index is 0.842. The Labute approximate surface area is 116 Å². The first-order chi connectivity index (χ1) is 9.33. The molecule has 3 aromatic rings. The van der Waals surface area contributed by atoms with Crippen LogP contribution < -0.4 is 9.47 Å². The van der Waals surface area contributed by atoms with Crippen LogP contribution in [0.15, 0.2) is 47.8 Å². The number of thiophene rings is 1. The number of ether oxygens (including phenoxy) is 2. The summed E-state index contributed by atoms with van der Waals surface area (Å²) in [6.45, 7) is 0. The largest absolute Gasteiger partial charge is 0.497 e. The molecule has 19 heavy (non-hydrogen) atoms. The van der Waals surface area contributed by atoms with Gasteiger partial charge in [-0.15, -0.1) is 11.3 Å². The molecule has 3 rings (SSSR count). The van der Waals surface area contributed by atoms with Crippen LogP contribution in [0.3, 0.4) is 0 Å². The normalized spacial score (nSPS) is 10.6. The van der Waals surface area contributed by atoms with E-state index in [0.29, 0.717) is 0 Å². The van der Waals surface area contributed by atoms with Gasteiger partial charge in [0.05, 0.1) is 14.2 Å². The molecule has 0 aliphatic heterocycles. The average molecular weight is 270 g/mol. The highest BCUT2D eigenvalue weighted by molar-refractivity contribution is 7.13. The average Bonchev–Trinajstić information content (AvgIpc) is 2.99. The highest BCUT2D eigenvalue weighted by Crippen LogP contribution is 2.37. The van der Waals surface area contributed by atoms with Gasteiger partial charge < -0.3 is 9.47 Å². The summed E-state index contributed by atoms with van der Waals surface area (Å²) in [5, 5.41) is 4.35. The summed E-state index contributed by atoms with van der Waals surface area (Å²) < 4.78 is 10.7. The Morgan fingerprint density at radius 1 is 0.895 bits per heavy atom. The monoisotopic (exact) mass is 270 g/mol. The molecule has 1 heterocycles. The van der Waals surface area contributed by atoms with Gasteiger partial charge in [-0.3, -0.25) is 0 Å². The number of benzene rings is 2. The van der Waals surface area contributed by atoms with Crippen molar-refractivity contribution in [1.82, 2.24) is 0 Å². The molecule has 0 N–H and O–H groups in total. The molecule has 0 radical (unpaired) electrons. The van der Waals surface area contributed by atoms with E-state index in [-0.39, 0.29) is 0 Å². The lowest BCUT2D eigenvalue weighted by Gasteiger charge is -2.11. The summed E-state index contributed by atoms with van der Waals surface area (Å²) in [5.41, 5.74) is 1.23. The van der Waals surface area contributed by atoms with Gasteiger partial charge in [-0.05, 0) is 52.7 Å². The van der Waals surface area contributed by atoms with E-state index in [1.54, 1.807) is 25.6 Å². The lowest BCUT2D eigenvalue weighted by atomic mass is 10.0. The van der Waals surface area contributed by atoms with Crippen LogP contribution in [0.2, 0.25) is 0 Å². The zero-order chi connectivity index (χ0) is 13.2. The van der Waals surface area contributed by atoms with Crippen LogP contribution in [0, 0.1) is 0 Å². The van der Waals surface area contributed by atoms with E-state index in [0.717, 1.165) is 16.9 Å². The minimum Gasteiger partial charge on any atom is -0.497 e.